The molecule has 0 bridgehead atoms. The van der Waals surface area contributed by atoms with Crippen molar-refractivity contribution in [1.29, 1.82) is 0 Å². The van der Waals surface area contributed by atoms with Crippen molar-refractivity contribution >= 4 is 11.8 Å². The number of rotatable bonds is 5. The summed E-state index contributed by atoms with van der Waals surface area (Å²) in [7, 11) is 1.88. The highest BCUT2D eigenvalue weighted by Crippen LogP contribution is 2.32. The summed E-state index contributed by atoms with van der Waals surface area (Å²) in [4.78, 5) is 31.6. The summed E-state index contributed by atoms with van der Waals surface area (Å²) in [5, 5.41) is 7.19. The number of carbonyl (C=O) groups excluding carboxylic acids is 2. The van der Waals surface area contributed by atoms with E-state index in [-0.39, 0.29) is 11.8 Å². The van der Waals surface area contributed by atoms with E-state index in [1.54, 1.807) is 0 Å². The Kier molecular flexibility index (Phi) is 5.71. The summed E-state index contributed by atoms with van der Waals surface area (Å²) < 4.78 is 0. The molecule has 4 rings (SSSR count). The number of piperidine rings is 2. The van der Waals surface area contributed by atoms with Crippen LogP contribution in [0.1, 0.15) is 49.9 Å². The highest BCUT2D eigenvalue weighted by molar-refractivity contribution is 5.81. The lowest BCUT2D eigenvalue weighted by atomic mass is 9.92. The maximum atomic E-state index is 13.0. The number of aromatic amines is 1. The summed E-state index contributed by atoms with van der Waals surface area (Å²) in [6.07, 6.45) is 6.30. The van der Waals surface area contributed by atoms with E-state index in [0.717, 1.165) is 76.1 Å². The second-order valence-electron chi connectivity index (χ2n) is 8.90. The predicted molar refractivity (Wildman–Crippen MR) is 106 cm³/mol. The summed E-state index contributed by atoms with van der Waals surface area (Å²) >= 11 is 0. The van der Waals surface area contributed by atoms with E-state index < -0.39 is 0 Å². The SMILES string of the molecule is Cc1cc(CN(C)C(=O)C2CCCN(C3CCN(C(=O)C4CC4)CC3)C2)n[nH]1. The molecule has 3 fully saturated rings. The first-order valence-electron chi connectivity index (χ1n) is 10.8. The fourth-order valence-electron chi connectivity index (χ4n) is 4.77. The van der Waals surface area contributed by atoms with E-state index >= 15 is 0 Å². The molecule has 1 unspecified atom stereocenters. The third kappa shape index (κ3) is 4.40. The first-order valence-corrected chi connectivity index (χ1v) is 10.8. The molecule has 7 heteroatoms. The zero-order valence-corrected chi connectivity index (χ0v) is 17.2. The molecule has 2 amide bonds. The van der Waals surface area contributed by atoms with Crippen molar-refractivity contribution in [3.05, 3.63) is 17.5 Å². The normalized spacial score (nSPS) is 24.4. The minimum absolute atomic E-state index is 0.0740. The van der Waals surface area contributed by atoms with Gasteiger partial charge in [-0.3, -0.25) is 19.6 Å². The number of carbonyl (C=O) groups is 2. The second kappa shape index (κ2) is 8.23. The number of aromatic nitrogens is 2. The van der Waals surface area contributed by atoms with Crippen molar-refractivity contribution in [3.8, 4) is 0 Å². The summed E-state index contributed by atoms with van der Waals surface area (Å²) in [5.74, 6) is 0.999. The molecule has 28 heavy (non-hydrogen) atoms. The highest BCUT2D eigenvalue weighted by Gasteiger charge is 2.37. The van der Waals surface area contributed by atoms with Crippen molar-refractivity contribution < 1.29 is 9.59 Å². The van der Waals surface area contributed by atoms with Gasteiger partial charge in [0.15, 0.2) is 0 Å². The molecule has 3 aliphatic rings. The molecule has 0 radical (unpaired) electrons. The number of nitrogens with zero attached hydrogens (tertiary/aromatic N) is 4. The zero-order valence-electron chi connectivity index (χ0n) is 17.2. The Labute approximate surface area is 167 Å². The molecular formula is C21H33N5O2. The van der Waals surface area contributed by atoms with Gasteiger partial charge in [-0.05, 0) is 58.1 Å². The lowest BCUT2D eigenvalue weighted by Crippen LogP contribution is -2.51. The largest absolute Gasteiger partial charge is 0.342 e. The first-order chi connectivity index (χ1) is 13.5. The molecule has 7 nitrogen and oxygen atoms in total. The third-order valence-corrected chi connectivity index (χ3v) is 6.56. The molecule has 2 saturated heterocycles. The average Bonchev–Trinajstić information content (AvgIpc) is 3.49. The van der Waals surface area contributed by atoms with Gasteiger partial charge in [0.05, 0.1) is 18.2 Å². The van der Waals surface area contributed by atoms with Gasteiger partial charge in [-0.1, -0.05) is 0 Å². The number of amides is 2. The lowest BCUT2D eigenvalue weighted by Gasteiger charge is -2.42. The quantitative estimate of drug-likeness (QED) is 0.836. The van der Waals surface area contributed by atoms with Gasteiger partial charge >= 0.3 is 0 Å². The summed E-state index contributed by atoms with van der Waals surface area (Å²) in [5.41, 5.74) is 1.93. The van der Waals surface area contributed by atoms with Crippen molar-refractivity contribution in [3.63, 3.8) is 0 Å². The van der Waals surface area contributed by atoms with Crippen LogP contribution in [0.4, 0.5) is 0 Å². The fraction of sp³-hybridized carbons (Fsp3) is 0.762. The minimum Gasteiger partial charge on any atom is -0.342 e. The maximum Gasteiger partial charge on any atom is 0.227 e. The molecule has 1 aromatic rings. The van der Waals surface area contributed by atoms with Crippen LogP contribution in [0.3, 0.4) is 0 Å². The predicted octanol–water partition coefficient (Wildman–Crippen LogP) is 1.79. The molecule has 0 spiro atoms. The third-order valence-electron chi connectivity index (χ3n) is 6.56. The van der Waals surface area contributed by atoms with Gasteiger partial charge in [-0.2, -0.15) is 5.10 Å². The van der Waals surface area contributed by atoms with Gasteiger partial charge < -0.3 is 9.80 Å². The van der Waals surface area contributed by atoms with Gasteiger partial charge in [0.1, 0.15) is 0 Å². The van der Waals surface area contributed by atoms with E-state index in [4.69, 9.17) is 0 Å². The van der Waals surface area contributed by atoms with Gasteiger partial charge in [-0.15, -0.1) is 0 Å². The minimum atomic E-state index is 0.0740. The molecule has 1 N–H and O–H groups in total. The van der Waals surface area contributed by atoms with Gasteiger partial charge in [-0.25, -0.2) is 0 Å². The monoisotopic (exact) mass is 387 g/mol. The number of nitrogens with one attached hydrogen (secondary N) is 1. The number of hydrogen-bond donors (Lipinski definition) is 1. The Morgan fingerprint density at radius 3 is 2.54 bits per heavy atom. The van der Waals surface area contributed by atoms with Crippen molar-refractivity contribution in [2.45, 2.75) is 58.0 Å². The molecule has 3 heterocycles. The smallest absolute Gasteiger partial charge is 0.227 e. The van der Waals surface area contributed by atoms with Crippen LogP contribution in [0.2, 0.25) is 0 Å². The van der Waals surface area contributed by atoms with E-state index in [9.17, 15) is 9.59 Å². The molecule has 154 valence electrons. The maximum absolute atomic E-state index is 13.0. The van der Waals surface area contributed by atoms with Crippen molar-refractivity contribution in [2.24, 2.45) is 11.8 Å². The van der Waals surface area contributed by atoms with E-state index in [1.807, 2.05) is 24.9 Å². The Balaban J connectivity index is 1.27. The summed E-state index contributed by atoms with van der Waals surface area (Å²) in [6, 6.07) is 2.51. The van der Waals surface area contributed by atoms with Crippen LogP contribution >= 0.6 is 0 Å². The van der Waals surface area contributed by atoms with Crippen LogP contribution < -0.4 is 0 Å². The van der Waals surface area contributed by atoms with E-state index in [2.05, 4.69) is 20.0 Å². The Hall–Kier alpha value is -1.89. The van der Waals surface area contributed by atoms with Crippen molar-refractivity contribution in [1.82, 2.24) is 24.9 Å². The standard InChI is InChI=1S/C21H33N5O2/c1-15-12-18(23-22-15)14-24(2)20(27)17-4-3-9-26(13-17)19-7-10-25(11-8-19)21(28)16-5-6-16/h12,16-17,19H,3-11,13-14H2,1-2H3,(H,22,23). The van der Waals surface area contributed by atoms with Crippen LogP contribution in [0.15, 0.2) is 6.07 Å². The molecule has 1 atom stereocenters. The number of hydrogen-bond acceptors (Lipinski definition) is 4. The second-order valence-corrected chi connectivity index (χ2v) is 8.90. The van der Waals surface area contributed by atoms with Crippen LogP contribution in [-0.2, 0) is 16.1 Å². The molecule has 2 aliphatic heterocycles. The van der Waals surface area contributed by atoms with E-state index in [0.29, 0.717) is 24.4 Å². The molecule has 0 aromatic carbocycles. The molecule has 1 aliphatic carbocycles. The first kappa shape index (κ1) is 19.4. The van der Waals surface area contributed by atoms with Gasteiger partial charge in [0.25, 0.3) is 0 Å². The topological polar surface area (TPSA) is 72.5 Å². The Morgan fingerprint density at radius 1 is 1.14 bits per heavy atom. The van der Waals surface area contributed by atoms with Gasteiger partial charge in [0, 0.05) is 44.3 Å². The fourth-order valence-corrected chi connectivity index (χ4v) is 4.77. The number of H-pyrrole nitrogens is 1. The van der Waals surface area contributed by atoms with Crippen molar-refractivity contribution in [2.75, 3.05) is 33.2 Å². The molecular weight excluding hydrogens is 354 g/mol. The Morgan fingerprint density at radius 2 is 1.89 bits per heavy atom. The summed E-state index contributed by atoms with van der Waals surface area (Å²) in [6.45, 7) is 6.22. The average molecular weight is 388 g/mol. The number of likely N-dealkylation sites (tertiary alicyclic amines) is 2. The Bertz CT molecular complexity index is 705. The zero-order chi connectivity index (χ0) is 19.7. The van der Waals surface area contributed by atoms with Crippen LogP contribution in [-0.4, -0.2) is 76.0 Å². The van der Waals surface area contributed by atoms with Crippen LogP contribution in [0.5, 0.6) is 0 Å². The van der Waals surface area contributed by atoms with Crippen LogP contribution in [0, 0.1) is 18.8 Å². The van der Waals surface area contributed by atoms with E-state index in [1.165, 1.54) is 0 Å². The molecule has 1 aromatic heterocycles. The highest BCUT2D eigenvalue weighted by atomic mass is 16.2. The van der Waals surface area contributed by atoms with Gasteiger partial charge in [0.2, 0.25) is 11.8 Å². The van der Waals surface area contributed by atoms with Crippen LogP contribution in [0.25, 0.3) is 0 Å². The number of aryl methyl sites for hydroxylation is 1. The lowest BCUT2D eigenvalue weighted by molar-refractivity contribution is -0.137. The molecule has 1 saturated carbocycles.